The topological polar surface area (TPSA) is 168 Å². The van der Waals surface area contributed by atoms with Crippen molar-refractivity contribution in [1.29, 1.82) is 0 Å². The Balaban J connectivity index is 1.65. The number of thiophene rings is 1. The Kier molecular flexibility index (Phi) is 7.93. The monoisotopic (exact) mass is 555 g/mol. The number of nitrogen functional groups attached to an aromatic ring is 1. The SMILES string of the molecule is CC[C@H](CO)Nc1nc(-c2cccc(NC(=O)Nc3ccc(C(C)(F)F)cc3)c2)c2c(N)c(C(N)=O)sc2n1. The lowest BCUT2D eigenvalue weighted by Crippen LogP contribution is -2.24. The summed E-state index contributed by atoms with van der Waals surface area (Å²) in [5, 5.41) is 18.4. The van der Waals surface area contributed by atoms with Gasteiger partial charge in [-0.1, -0.05) is 31.2 Å². The number of rotatable bonds is 9. The first-order valence-corrected chi connectivity index (χ1v) is 12.8. The largest absolute Gasteiger partial charge is 0.397 e. The van der Waals surface area contributed by atoms with Crippen LogP contribution in [0.3, 0.4) is 0 Å². The molecule has 1 atom stereocenters. The summed E-state index contributed by atoms with van der Waals surface area (Å²) in [4.78, 5) is 34.2. The molecule has 2 aromatic heterocycles. The highest BCUT2D eigenvalue weighted by Crippen LogP contribution is 2.39. The smallest absolute Gasteiger partial charge is 0.323 e. The van der Waals surface area contributed by atoms with Gasteiger partial charge in [-0.15, -0.1) is 11.3 Å². The Labute approximate surface area is 226 Å². The fourth-order valence-electron chi connectivity index (χ4n) is 3.82. The van der Waals surface area contributed by atoms with E-state index in [0.717, 1.165) is 18.3 Å². The molecule has 0 aliphatic heterocycles. The summed E-state index contributed by atoms with van der Waals surface area (Å²) in [5.41, 5.74) is 13.5. The van der Waals surface area contributed by atoms with E-state index < -0.39 is 17.9 Å². The molecule has 3 amide bonds. The van der Waals surface area contributed by atoms with E-state index in [4.69, 9.17) is 11.5 Å². The number of aromatic nitrogens is 2. The Morgan fingerprint density at radius 1 is 1.10 bits per heavy atom. The Hall–Kier alpha value is -4.36. The van der Waals surface area contributed by atoms with E-state index in [1.54, 1.807) is 24.3 Å². The second-order valence-corrected chi connectivity index (χ2v) is 9.84. The van der Waals surface area contributed by atoms with Gasteiger partial charge in [-0.2, -0.15) is 0 Å². The molecule has 10 nitrogen and oxygen atoms in total. The molecule has 0 aliphatic rings. The van der Waals surface area contributed by atoms with Gasteiger partial charge in [0, 0.05) is 29.4 Å². The van der Waals surface area contributed by atoms with Crippen LogP contribution in [0.15, 0.2) is 48.5 Å². The number of fused-ring (bicyclic) bond motifs is 1. The molecule has 13 heteroatoms. The van der Waals surface area contributed by atoms with Crippen LogP contribution in [0.4, 0.5) is 36.6 Å². The quantitative estimate of drug-likeness (QED) is 0.169. The van der Waals surface area contributed by atoms with Gasteiger partial charge in [0.25, 0.3) is 11.8 Å². The van der Waals surface area contributed by atoms with Crippen molar-refractivity contribution < 1.29 is 23.5 Å². The lowest BCUT2D eigenvalue weighted by molar-refractivity contribution is 0.0175. The molecule has 0 unspecified atom stereocenters. The van der Waals surface area contributed by atoms with Crippen LogP contribution in [0.2, 0.25) is 0 Å². The maximum Gasteiger partial charge on any atom is 0.323 e. The first-order chi connectivity index (χ1) is 18.5. The van der Waals surface area contributed by atoms with Crippen LogP contribution >= 0.6 is 11.3 Å². The van der Waals surface area contributed by atoms with Gasteiger partial charge in [-0.05, 0) is 30.7 Å². The summed E-state index contributed by atoms with van der Waals surface area (Å²) < 4.78 is 26.9. The van der Waals surface area contributed by atoms with Gasteiger partial charge in [-0.3, -0.25) is 4.79 Å². The van der Waals surface area contributed by atoms with E-state index >= 15 is 0 Å². The number of nitrogens with two attached hydrogens (primary N) is 2. The average molecular weight is 556 g/mol. The van der Waals surface area contributed by atoms with Crippen LogP contribution < -0.4 is 27.4 Å². The Bertz CT molecular complexity index is 1520. The third kappa shape index (κ3) is 6.21. The van der Waals surface area contributed by atoms with E-state index in [1.165, 1.54) is 24.3 Å². The number of carbonyl (C=O) groups is 2. The van der Waals surface area contributed by atoms with E-state index in [0.29, 0.717) is 39.3 Å². The highest BCUT2D eigenvalue weighted by atomic mass is 32.1. The van der Waals surface area contributed by atoms with Crippen molar-refractivity contribution >= 4 is 56.5 Å². The van der Waals surface area contributed by atoms with Gasteiger partial charge in [0.05, 0.1) is 29.4 Å². The van der Waals surface area contributed by atoms with Crippen LogP contribution in [0.25, 0.3) is 21.5 Å². The molecule has 2 heterocycles. The lowest BCUT2D eigenvalue weighted by atomic mass is 10.1. The molecule has 204 valence electrons. The Morgan fingerprint density at radius 3 is 2.41 bits per heavy atom. The summed E-state index contributed by atoms with van der Waals surface area (Å²) >= 11 is 1.04. The minimum Gasteiger partial charge on any atom is -0.397 e. The van der Waals surface area contributed by atoms with Gasteiger partial charge in [0.1, 0.15) is 9.71 Å². The Morgan fingerprint density at radius 2 is 1.79 bits per heavy atom. The highest BCUT2D eigenvalue weighted by Gasteiger charge is 2.24. The van der Waals surface area contributed by atoms with E-state index in [1.807, 2.05) is 6.92 Å². The van der Waals surface area contributed by atoms with Gasteiger partial charge in [0.2, 0.25) is 5.95 Å². The normalized spacial score (nSPS) is 12.2. The van der Waals surface area contributed by atoms with Crippen LogP contribution in [-0.4, -0.2) is 39.7 Å². The molecule has 0 bridgehead atoms. The van der Waals surface area contributed by atoms with Crippen molar-refractivity contribution in [3.63, 3.8) is 0 Å². The van der Waals surface area contributed by atoms with Gasteiger partial charge in [-0.25, -0.2) is 23.5 Å². The standard InChI is InChI=1S/C26H27F2N7O3S/c1-3-15(12-36)31-24-34-20(18-19(29)21(22(30)37)39-23(18)35-24)13-5-4-6-17(11-13)33-25(38)32-16-9-7-14(8-10-16)26(2,27)28/h4-11,15,36H,3,12,29H2,1-2H3,(H2,30,37)(H,31,34,35)(H2,32,33,38)/t15-/m1/s1. The number of anilines is 4. The lowest BCUT2D eigenvalue weighted by Gasteiger charge is -2.15. The number of aliphatic hydroxyl groups is 1. The zero-order valence-corrected chi connectivity index (χ0v) is 21.9. The number of halogens is 2. The zero-order valence-electron chi connectivity index (χ0n) is 21.1. The van der Waals surface area contributed by atoms with Crippen molar-refractivity contribution in [1.82, 2.24) is 9.97 Å². The van der Waals surface area contributed by atoms with Gasteiger partial charge < -0.3 is 32.5 Å². The first-order valence-electron chi connectivity index (χ1n) is 11.9. The summed E-state index contributed by atoms with van der Waals surface area (Å²) in [5.74, 6) is -3.45. The maximum atomic E-state index is 13.4. The molecule has 0 fully saturated rings. The molecule has 2 aromatic carbocycles. The number of carbonyl (C=O) groups excluding carboxylic acids is 2. The van der Waals surface area contributed by atoms with Crippen molar-refractivity contribution in [2.75, 3.05) is 28.3 Å². The fraction of sp³-hybridized carbons (Fsp3) is 0.231. The summed E-state index contributed by atoms with van der Waals surface area (Å²) in [6.45, 7) is 2.56. The van der Waals surface area contributed by atoms with Crippen molar-refractivity contribution in [3.8, 4) is 11.3 Å². The molecule has 4 aromatic rings. The maximum absolute atomic E-state index is 13.4. The van der Waals surface area contributed by atoms with E-state index in [2.05, 4.69) is 25.9 Å². The zero-order chi connectivity index (χ0) is 28.3. The first kappa shape index (κ1) is 27.7. The fourth-order valence-corrected chi connectivity index (χ4v) is 4.77. The second kappa shape index (κ2) is 11.2. The molecule has 39 heavy (non-hydrogen) atoms. The number of hydrogen-bond acceptors (Lipinski definition) is 8. The molecule has 4 rings (SSSR count). The third-order valence-electron chi connectivity index (χ3n) is 5.90. The highest BCUT2D eigenvalue weighted by molar-refractivity contribution is 7.21. The van der Waals surface area contributed by atoms with Gasteiger partial charge >= 0.3 is 6.03 Å². The summed E-state index contributed by atoms with van der Waals surface area (Å²) in [6.07, 6.45) is 0.616. The van der Waals surface area contributed by atoms with Crippen molar-refractivity contribution in [2.45, 2.75) is 32.2 Å². The third-order valence-corrected chi connectivity index (χ3v) is 7.02. The molecule has 0 radical (unpaired) electrons. The summed E-state index contributed by atoms with van der Waals surface area (Å²) in [7, 11) is 0. The van der Waals surface area contributed by atoms with Crippen LogP contribution in [-0.2, 0) is 5.92 Å². The molecule has 0 spiro atoms. The second-order valence-electron chi connectivity index (χ2n) is 8.84. The van der Waals surface area contributed by atoms with Gasteiger partial charge in [0.15, 0.2) is 0 Å². The van der Waals surface area contributed by atoms with Crippen molar-refractivity contribution in [2.24, 2.45) is 5.73 Å². The van der Waals surface area contributed by atoms with Crippen LogP contribution in [0.1, 0.15) is 35.5 Å². The minimum absolute atomic E-state index is 0.134. The van der Waals surface area contributed by atoms with Crippen LogP contribution in [0.5, 0.6) is 0 Å². The van der Waals surface area contributed by atoms with E-state index in [9.17, 15) is 23.5 Å². The number of alkyl halides is 2. The molecule has 0 saturated heterocycles. The number of benzene rings is 2. The predicted octanol–water partition coefficient (Wildman–Crippen LogP) is 4.98. The number of nitrogens with zero attached hydrogens (tertiary/aromatic N) is 2. The van der Waals surface area contributed by atoms with E-state index in [-0.39, 0.29) is 34.7 Å². The number of nitrogens with one attached hydrogen (secondary N) is 3. The summed E-state index contributed by atoms with van der Waals surface area (Å²) in [6, 6.07) is 11.2. The number of hydrogen-bond donors (Lipinski definition) is 6. The number of aliphatic hydroxyl groups excluding tert-OH is 1. The van der Waals surface area contributed by atoms with Crippen LogP contribution in [0, 0.1) is 0 Å². The molecular formula is C26H27F2N7O3S. The average Bonchev–Trinajstić information content (AvgIpc) is 3.23. The number of amides is 3. The molecule has 0 aliphatic carbocycles. The molecule has 0 saturated carbocycles. The minimum atomic E-state index is -2.98. The molecular weight excluding hydrogens is 528 g/mol. The number of primary amides is 1. The molecule has 8 N–H and O–H groups in total. The predicted molar refractivity (Wildman–Crippen MR) is 149 cm³/mol. The van der Waals surface area contributed by atoms with Crippen molar-refractivity contribution in [3.05, 3.63) is 59.0 Å². The number of urea groups is 1.